The van der Waals surface area contributed by atoms with Gasteiger partial charge in [-0.15, -0.1) is 0 Å². The van der Waals surface area contributed by atoms with Crippen LogP contribution in [0.2, 0.25) is 5.02 Å². The highest BCUT2D eigenvalue weighted by atomic mass is 35.5. The van der Waals surface area contributed by atoms with Crippen molar-refractivity contribution in [3.05, 3.63) is 95.3 Å². The summed E-state index contributed by atoms with van der Waals surface area (Å²) in [5.41, 5.74) is 0.937. The van der Waals surface area contributed by atoms with Gasteiger partial charge < -0.3 is 10.2 Å². The minimum absolute atomic E-state index is 0.0366. The van der Waals surface area contributed by atoms with E-state index in [1.807, 2.05) is 13.8 Å². The highest BCUT2D eigenvalue weighted by Gasteiger charge is 2.32. The second-order valence-corrected chi connectivity index (χ2v) is 11.6. The smallest absolute Gasteiger partial charge is 0.264 e. The van der Waals surface area contributed by atoms with Gasteiger partial charge in [0.05, 0.1) is 10.6 Å². The summed E-state index contributed by atoms with van der Waals surface area (Å²) in [7, 11) is -4.25. The van der Waals surface area contributed by atoms with Gasteiger partial charge in [-0.2, -0.15) is 0 Å². The van der Waals surface area contributed by atoms with Gasteiger partial charge in [-0.25, -0.2) is 12.8 Å². The van der Waals surface area contributed by atoms with Gasteiger partial charge in [0.25, 0.3) is 10.0 Å². The Labute approximate surface area is 228 Å². The van der Waals surface area contributed by atoms with Crippen LogP contribution in [0.15, 0.2) is 83.8 Å². The Morgan fingerprint density at radius 3 is 2.21 bits per heavy atom. The Morgan fingerprint density at radius 2 is 1.61 bits per heavy atom. The molecule has 38 heavy (non-hydrogen) atoms. The topological polar surface area (TPSA) is 86.8 Å². The number of halogens is 2. The molecule has 0 unspecified atom stereocenters. The van der Waals surface area contributed by atoms with Gasteiger partial charge in [-0.05, 0) is 66.9 Å². The van der Waals surface area contributed by atoms with Gasteiger partial charge in [-0.1, -0.05) is 55.8 Å². The summed E-state index contributed by atoms with van der Waals surface area (Å²) in [6.07, 6.45) is 0. The summed E-state index contributed by atoms with van der Waals surface area (Å²) in [6.45, 7) is 5.40. The fourth-order valence-corrected chi connectivity index (χ4v) is 5.35. The monoisotopic (exact) mass is 559 g/mol. The number of anilines is 1. The molecule has 0 aromatic heterocycles. The third-order valence-corrected chi connectivity index (χ3v) is 7.84. The lowest BCUT2D eigenvalue weighted by Crippen LogP contribution is -2.51. The normalized spacial score (nSPS) is 12.2. The highest BCUT2D eigenvalue weighted by molar-refractivity contribution is 7.92. The van der Waals surface area contributed by atoms with E-state index in [-0.39, 0.29) is 29.0 Å². The molecule has 10 heteroatoms. The van der Waals surface area contributed by atoms with Crippen LogP contribution in [0.5, 0.6) is 0 Å². The predicted octanol–water partition coefficient (Wildman–Crippen LogP) is 4.86. The van der Waals surface area contributed by atoms with Crippen molar-refractivity contribution >= 4 is 39.1 Å². The predicted molar refractivity (Wildman–Crippen MR) is 147 cm³/mol. The zero-order valence-electron chi connectivity index (χ0n) is 21.5. The molecule has 0 aliphatic carbocycles. The fourth-order valence-electron chi connectivity index (χ4n) is 3.72. The molecule has 7 nitrogen and oxygen atoms in total. The van der Waals surface area contributed by atoms with E-state index in [4.69, 9.17) is 11.6 Å². The quantitative estimate of drug-likeness (QED) is 0.363. The van der Waals surface area contributed by atoms with Crippen molar-refractivity contribution < 1.29 is 22.4 Å². The first-order chi connectivity index (χ1) is 18.0. The van der Waals surface area contributed by atoms with E-state index in [1.165, 1.54) is 4.90 Å². The summed E-state index contributed by atoms with van der Waals surface area (Å²) >= 11 is 6.14. The first kappa shape index (κ1) is 29.1. The second kappa shape index (κ2) is 12.9. The van der Waals surface area contributed by atoms with Crippen LogP contribution >= 0.6 is 11.6 Å². The summed E-state index contributed by atoms with van der Waals surface area (Å²) in [4.78, 5) is 27.9. The zero-order valence-corrected chi connectivity index (χ0v) is 23.0. The highest BCUT2D eigenvalue weighted by Crippen LogP contribution is 2.25. The molecule has 0 radical (unpaired) electrons. The number of carbonyl (C=O) groups excluding carboxylic acids is 2. The maximum Gasteiger partial charge on any atom is 0.264 e. The Kier molecular flexibility index (Phi) is 9.88. The number of rotatable bonds is 11. The van der Waals surface area contributed by atoms with Crippen LogP contribution in [0.3, 0.4) is 0 Å². The van der Waals surface area contributed by atoms with E-state index < -0.39 is 34.3 Å². The van der Waals surface area contributed by atoms with Gasteiger partial charge >= 0.3 is 0 Å². The van der Waals surface area contributed by atoms with Crippen LogP contribution in [0, 0.1) is 11.7 Å². The number of amides is 2. The molecule has 0 bridgehead atoms. The average Bonchev–Trinajstić information content (AvgIpc) is 2.89. The average molecular weight is 560 g/mol. The molecule has 3 aromatic carbocycles. The van der Waals surface area contributed by atoms with E-state index in [1.54, 1.807) is 61.5 Å². The van der Waals surface area contributed by atoms with E-state index in [0.717, 1.165) is 28.6 Å². The van der Waals surface area contributed by atoms with Crippen LogP contribution in [0.25, 0.3) is 0 Å². The standard InChI is InChI=1S/C28H31ClFN3O4S/c1-20(2)17-31-28(35)21(3)32(18-22-8-7-9-23(29)16-22)27(34)19-33(25-10-5-4-6-11-25)38(36,37)26-14-12-24(30)13-15-26/h4-16,20-21H,17-19H2,1-3H3,(H,31,35)/t21-/m0/s1. The molecule has 1 atom stereocenters. The first-order valence-corrected chi connectivity index (χ1v) is 14.0. The Hall–Kier alpha value is -3.43. The fraction of sp³-hybridized carbons (Fsp3) is 0.286. The van der Waals surface area contributed by atoms with Crippen molar-refractivity contribution in [2.45, 2.75) is 38.3 Å². The van der Waals surface area contributed by atoms with Crippen molar-refractivity contribution in [2.75, 3.05) is 17.4 Å². The van der Waals surface area contributed by atoms with Gasteiger partial charge in [0.15, 0.2) is 0 Å². The molecular formula is C28H31ClFN3O4S. The van der Waals surface area contributed by atoms with E-state index >= 15 is 0 Å². The van der Waals surface area contributed by atoms with E-state index in [0.29, 0.717) is 17.1 Å². The molecule has 0 heterocycles. The number of sulfonamides is 1. The maximum absolute atomic E-state index is 13.8. The number of para-hydroxylation sites is 1. The molecular weight excluding hydrogens is 529 g/mol. The molecule has 3 aromatic rings. The first-order valence-electron chi connectivity index (χ1n) is 12.1. The zero-order chi connectivity index (χ0) is 27.9. The van der Waals surface area contributed by atoms with Crippen molar-refractivity contribution in [2.24, 2.45) is 5.92 Å². The Bertz CT molecular complexity index is 1350. The molecule has 0 saturated carbocycles. The van der Waals surface area contributed by atoms with Crippen molar-refractivity contribution in [3.8, 4) is 0 Å². The molecule has 3 rings (SSSR count). The van der Waals surface area contributed by atoms with Crippen LogP contribution in [0.4, 0.5) is 10.1 Å². The summed E-state index contributed by atoms with van der Waals surface area (Å²) < 4.78 is 41.7. The van der Waals surface area contributed by atoms with Crippen molar-refractivity contribution in [1.82, 2.24) is 10.2 Å². The number of hydrogen-bond donors (Lipinski definition) is 1. The van der Waals surface area contributed by atoms with Crippen molar-refractivity contribution in [3.63, 3.8) is 0 Å². The van der Waals surface area contributed by atoms with Crippen LogP contribution in [-0.4, -0.2) is 44.3 Å². The lowest BCUT2D eigenvalue weighted by Gasteiger charge is -2.32. The van der Waals surface area contributed by atoms with Crippen LogP contribution in [0.1, 0.15) is 26.3 Å². The van der Waals surface area contributed by atoms with Crippen LogP contribution in [-0.2, 0) is 26.2 Å². The van der Waals surface area contributed by atoms with Gasteiger partial charge in [0, 0.05) is 18.1 Å². The molecule has 0 saturated heterocycles. The second-order valence-electron chi connectivity index (χ2n) is 9.27. The van der Waals surface area contributed by atoms with Crippen LogP contribution < -0.4 is 9.62 Å². The van der Waals surface area contributed by atoms with Gasteiger partial charge in [-0.3, -0.25) is 13.9 Å². The molecule has 1 N–H and O–H groups in total. The Morgan fingerprint density at radius 1 is 0.947 bits per heavy atom. The third-order valence-electron chi connectivity index (χ3n) is 5.82. The lowest BCUT2D eigenvalue weighted by atomic mass is 10.1. The molecule has 0 aliphatic heterocycles. The lowest BCUT2D eigenvalue weighted by molar-refractivity contribution is -0.139. The van der Waals surface area contributed by atoms with Crippen molar-refractivity contribution in [1.29, 1.82) is 0 Å². The largest absolute Gasteiger partial charge is 0.354 e. The molecule has 0 spiro atoms. The number of hydrogen-bond acceptors (Lipinski definition) is 4. The maximum atomic E-state index is 13.8. The minimum atomic E-state index is -4.25. The molecule has 0 aliphatic rings. The number of carbonyl (C=O) groups is 2. The van der Waals surface area contributed by atoms with Gasteiger partial charge in [0.1, 0.15) is 18.4 Å². The summed E-state index contributed by atoms with van der Waals surface area (Å²) in [5, 5.41) is 3.30. The van der Waals surface area contributed by atoms with E-state index in [9.17, 15) is 22.4 Å². The number of nitrogens with one attached hydrogen (secondary N) is 1. The SMILES string of the molecule is CC(C)CNC(=O)[C@H](C)N(Cc1cccc(Cl)c1)C(=O)CN(c1ccccc1)S(=O)(=O)c1ccc(F)cc1. The van der Waals surface area contributed by atoms with E-state index in [2.05, 4.69) is 5.32 Å². The molecule has 0 fully saturated rings. The molecule has 202 valence electrons. The number of benzene rings is 3. The minimum Gasteiger partial charge on any atom is -0.354 e. The third kappa shape index (κ3) is 7.55. The summed E-state index contributed by atoms with van der Waals surface area (Å²) in [5.74, 6) is -1.33. The Balaban J connectivity index is 1.98. The van der Waals surface area contributed by atoms with Gasteiger partial charge in [0.2, 0.25) is 11.8 Å². The molecule has 2 amide bonds. The summed E-state index contributed by atoms with van der Waals surface area (Å²) in [6, 6.07) is 18.5. The number of nitrogens with zero attached hydrogens (tertiary/aromatic N) is 2.